The van der Waals surface area contributed by atoms with Crippen LogP contribution in [0.15, 0.2) is 71.6 Å². The van der Waals surface area contributed by atoms with Crippen LogP contribution in [0.4, 0.5) is 5.69 Å². The number of hydrogen-bond acceptors (Lipinski definition) is 5. The van der Waals surface area contributed by atoms with Gasteiger partial charge in [0.15, 0.2) is 0 Å². The molecule has 0 saturated carbocycles. The highest BCUT2D eigenvalue weighted by molar-refractivity contribution is 7.92. The SMILES string of the molecule is CCC(NC(=O)CN(c1cc(Cl)ccc1OC)S(=O)(=O)c1ccc(C)cc1)c1ccc(OC)cc1. The molecule has 35 heavy (non-hydrogen) atoms. The molecule has 1 amide bonds. The molecule has 1 N–H and O–H groups in total. The Morgan fingerprint density at radius 1 is 1.00 bits per heavy atom. The Bertz CT molecular complexity index is 1260. The molecule has 3 aromatic carbocycles. The molecule has 0 saturated heterocycles. The van der Waals surface area contributed by atoms with Gasteiger partial charge < -0.3 is 14.8 Å². The molecule has 1 atom stereocenters. The lowest BCUT2D eigenvalue weighted by atomic mass is 10.0. The van der Waals surface area contributed by atoms with Crippen LogP contribution in [0.25, 0.3) is 0 Å². The zero-order chi connectivity index (χ0) is 25.6. The van der Waals surface area contributed by atoms with Crippen LogP contribution in [0.1, 0.15) is 30.5 Å². The van der Waals surface area contributed by atoms with Gasteiger partial charge in [-0.05, 0) is 61.4 Å². The van der Waals surface area contributed by atoms with Crippen molar-refractivity contribution in [2.75, 3.05) is 25.1 Å². The van der Waals surface area contributed by atoms with Gasteiger partial charge in [-0.25, -0.2) is 8.42 Å². The van der Waals surface area contributed by atoms with Gasteiger partial charge in [-0.1, -0.05) is 48.4 Å². The van der Waals surface area contributed by atoms with E-state index in [0.29, 0.717) is 17.2 Å². The summed E-state index contributed by atoms with van der Waals surface area (Å²) >= 11 is 6.19. The van der Waals surface area contributed by atoms with E-state index in [1.54, 1.807) is 31.4 Å². The van der Waals surface area contributed by atoms with Gasteiger partial charge in [0, 0.05) is 5.02 Å². The summed E-state index contributed by atoms with van der Waals surface area (Å²) in [6.07, 6.45) is 0.614. The van der Waals surface area contributed by atoms with Crippen molar-refractivity contribution in [3.8, 4) is 11.5 Å². The second-order valence-corrected chi connectivity index (χ2v) is 10.2. The Balaban J connectivity index is 1.97. The quantitative estimate of drug-likeness (QED) is 0.404. The van der Waals surface area contributed by atoms with Gasteiger partial charge in [-0.2, -0.15) is 0 Å². The number of rotatable bonds is 10. The molecule has 0 spiro atoms. The maximum atomic E-state index is 13.7. The molecule has 1 unspecified atom stereocenters. The fraction of sp³-hybridized carbons (Fsp3) is 0.269. The molecular formula is C26H29ClN2O5S. The van der Waals surface area contributed by atoms with Gasteiger partial charge in [0.1, 0.15) is 18.0 Å². The monoisotopic (exact) mass is 516 g/mol. The number of ether oxygens (including phenoxy) is 2. The Hall–Kier alpha value is -3.23. The van der Waals surface area contributed by atoms with Crippen molar-refractivity contribution in [3.63, 3.8) is 0 Å². The van der Waals surface area contributed by atoms with Gasteiger partial charge in [-0.3, -0.25) is 9.10 Å². The van der Waals surface area contributed by atoms with Crippen LogP contribution in [0.2, 0.25) is 5.02 Å². The van der Waals surface area contributed by atoms with Gasteiger partial charge in [0.05, 0.1) is 30.8 Å². The summed E-state index contributed by atoms with van der Waals surface area (Å²) < 4.78 is 39.0. The Labute approximate surface area is 211 Å². The molecule has 3 rings (SSSR count). The number of sulfonamides is 1. The number of carbonyl (C=O) groups excluding carboxylic acids is 1. The average molecular weight is 517 g/mol. The van der Waals surface area contributed by atoms with E-state index in [9.17, 15) is 13.2 Å². The minimum absolute atomic E-state index is 0.0557. The first kappa shape index (κ1) is 26.4. The molecule has 9 heteroatoms. The van der Waals surface area contributed by atoms with Gasteiger partial charge in [0.25, 0.3) is 10.0 Å². The standard InChI is InChI=1S/C26H29ClN2O5S/c1-5-23(19-8-11-21(33-3)12-9-19)28-26(30)17-29(24-16-20(27)10-15-25(24)34-4)35(31,32)22-13-6-18(2)7-14-22/h6-16,23H,5,17H2,1-4H3,(H,28,30). The summed E-state index contributed by atoms with van der Waals surface area (Å²) in [7, 11) is -1.10. The number of nitrogens with one attached hydrogen (secondary N) is 1. The van der Waals surface area contributed by atoms with Crippen molar-refractivity contribution < 1.29 is 22.7 Å². The third-order valence-corrected chi connectivity index (χ3v) is 7.58. The molecule has 0 aromatic heterocycles. The molecule has 0 fully saturated rings. The van der Waals surface area contributed by atoms with Crippen LogP contribution < -0.4 is 19.1 Å². The topological polar surface area (TPSA) is 84.9 Å². The molecule has 3 aromatic rings. The molecule has 0 aliphatic carbocycles. The van der Waals surface area contributed by atoms with Crippen LogP contribution in [-0.2, 0) is 14.8 Å². The smallest absolute Gasteiger partial charge is 0.264 e. The maximum Gasteiger partial charge on any atom is 0.264 e. The number of methoxy groups -OCH3 is 2. The van der Waals surface area contributed by atoms with Crippen molar-refractivity contribution in [1.29, 1.82) is 0 Å². The largest absolute Gasteiger partial charge is 0.497 e. The third kappa shape index (κ3) is 6.26. The fourth-order valence-corrected chi connectivity index (χ4v) is 5.21. The van der Waals surface area contributed by atoms with Crippen LogP contribution in [0.3, 0.4) is 0 Å². The first-order valence-electron chi connectivity index (χ1n) is 11.1. The Kier molecular flexibility index (Phi) is 8.64. The molecule has 0 bridgehead atoms. The summed E-state index contributed by atoms with van der Waals surface area (Å²) in [4.78, 5) is 13.2. The van der Waals surface area contributed by atoms with Crippen LogP contribution in [-0.4, -0.2) is 35.1 Å². The fourth-order valence-electron chi connectivity index (χ4n) is 3.62. The van der Waals surface area contributed by atoms with E-state index in [0.717, 1.165) is 15.4 Å². The zero-order valence-electron chi connectivity index (χ0n) is 20.1. The zero-order valence-corrected chi connectivity index (χ0v) is 21.7. The maximum absolute atomic E-state index is 13.7. The normalized spacial score (nSPS) is 12.0. The number of benzene rings is 3. The highest BCUT2D eigenvalue weighted by atomic mass is 35.5. The first-order valence-corrected chi connectivity index (χ1v) is 12.9. The van der Waals surface area contributed by atoms with E-state index >= 15 is 0 Å². The van der Waals surface area contributed by atoms with E-state index in [2.05, 4.69) is 5.32 Å². The molecular weight excluding hydrogens is 488 g/mol. The summed E-state index contributed by atoms with van der Waals surface area (Å²) in [6.45, 7) is 3.35. The summed E-state index contributed by atoms with van der Waals surface area (Å²) in [6, 6.07) is 18.1. The van der Waals surface area contributed by atoms with Crippen molar-refractivity contribution in [2.45, 2.75) is 31.2 Å². The van der Waals surface area contributed by atoms with E-state index in [-0.39, 0.29) is 22.4 Å². The molecule has 0 radical (unpaired) electrons. The van der Waals surface area contributed by atoms with Crippen molar-refractivity contribution in [2.24, 2.45) is 0 Å². The number of anilines is 1. The number of carbonyl (C=O) groups is 1. The number of nitrogens with zero attached hydrogens (tertiary/aromatic N) is 1. The number of halogens is 1. The number of amides is 1. The molecule has 7 nitrogen and oxygen atoms in total. The lowest BCUT2D eigenvalue weighted by molar-refractivity contribution is -0.120. The highest BCUT2D eigenvalue weighted by Crippen LogP contribution is 2.35. The second-order valence-electron chi connectivity index (χ2n) is 7.94. The Morgan fingerprint density at radius 3 is 2.23 bits per heavy atom. The first-order chi connectivity index (χ1) is 16.7. The average Bonchev–Trinajstić information content (AvgIpc) is 2.86. The predicted molar refractivity (Wildman–Crippen MR) is 138 cm³/mol. The van der Waals surface area contributed by atoms with E-state index in [1.807, 2.05) is 38.1 Å². The van der Waals surface area contributed by atoms with Crippen molar-refractivity contribution in [1.82, 2.24) is 5.32 Å². The van der Waals surface area contributed by atoms with E-state index in [4.69, 9.17) is 21.1 Å². The molecule has 0 aliphatic rings. The van der Waals surface area contributed by atoms with Crippen LogP contribution in [0, 0.1) is 6.92 Å². The van der Waals surface area contributed by atoms with Crippen molar-refractivity contribution in [3.05, 3.63) is 82.9 Å². The summed E-state index contributed by atoms with van der Waals surface area (Å²) in [5.74, 6) is 0.517. The minimum Gasteiger partial charge on any atom is -0.497 e. The summed E-state index contributed by atoms with van der Waals surface area (Å²) in [5, 5.41) is 3.26. The van der Waals surface area contributed by atoms with Crippen LogP contribution in [0.5, 0.6) is 11.5 Å². The molecule has 186 valence electrons. The van der Waals surface area contributed by atoms with Gasteiger partial charge in [0.2, 0.25) is 5.91 Å². The number of aryl methyl sites for hydroxylation is 1. The predicted octanol–water partition coefficient (Wildman–Crippen LogP) is 5.13. The van der Waals surface area contributed by atoms with E-state index in [1.165, 1.54) is 25.3 Å². The molecule has 0 aliphatic heterocycles. The van der Waals surface area contributed by atoms with Crippen LogP contribution >= 0.6 is 11.6 Å². The van der Waals surface area contributed by atoms with Gasteiger partial charge >= 0.3 is 0 Å². The van der Waals surface area contributed by atoms with E-state index < -0.39 is 22.5 Å². The van der Waals surface area contributed by atoms with Crippen molar-refractivity contribution >= 4 is 33.2 Å². The number of hydrogen-bond donors (Lipinski definition) is 1. The highest BCUT2D eigenvalue weighted by Gasteiger charge is 2.30. The van der Waals surface area contributed by atoms with Gasteiger partial charge in [-0.15, -0.1) is 0 Å². The summed E-state index contributed by atoms with van der Waals surface area (Å²) in [5.41, 5.74) is 1.97. The lowest BCUT2D eigenvalue weighted by Crippen LogP contribution is -2.42. The minimum atomic E-state index is -4.11. The Morgan fingerprint density at radius 2 is 1.66 bits per heavy atom. The molecule has 0 heterocycles. The second kappa shape index (κ2) is 11.5. The third-order valence-electron chi connectivity index (χ3n) is 5.57. The lowest BCUT2D eigenvalue weighted by Gasteiger charge is -2.27.